The fourth-order valence-corrected chi connectivity index (χ4v) is 1.37. The quantitative estimate of drug-likeness (QED) is 0.872. The van der Waals surface area contributed by atoms with E-state index in [1.807, 2.05) is 6.07 Å². The first kappa shape index (κ1) is 16.3. The average molecular weight is 289 g/mol. The van der Waals surface area contributed by atoms with E-state index in [9.17, 15) is 18.3 Å². The molecule has 1 rings (SSSR count). The van der Waals surface area contributed by atoms with Crippen molar-refractivity contribution in [2.24, 2.45) is 0 Å². The number of rotatable bonds is 6. The number of benzene rings is 1. The fraction of sp³-hybridized carbons (Fsp3) is 0.462. The minimum atomic E-state index is -4.42. The molecule has 0 aliphatic rings. The lowest BCUT2D eigenvalue weighted by atomic mass is 10.1. The van der Waals surface area contributed by atoms with E-state index < -0.39 is 25.5 Å². The Morgan fingerprint density at radius 2 is 2.05 bits per heavy atom. The maximum atomic E-state index is 11.8. The highest BCUT2D eigenvalue weighted by molar-refractivity contribution is 5.41. The maximum Gasteiger partial charge on any atom is 0.411 e. The average Bonchev–Trinajstić information content (AvgIpc) is 2.36. The number of hydrogen-bond donors (Lipinski definition) is 1. The Bertz CT molecular complexity index is 483. The Labute approximate surface area is 114 Å². The van der Waals surface area contributed by atoms with Gasteiger partial charge >= 0.3 is 6.18 Å². The van der Waals surface area contributed by atoms with Crippen molar-refractivity contribution in [3.05, 3.63) is 29.3 Å². The number of nitrogens with zero attached hydrogens (tertiary/aromatic N) is 1. The molecule has 0 aliphatic heterocycles. The van der Waals surface area contributed by atoms with E-state index >= 15 is 0 Å². The van der Waals surface area contributed by atoms with Crippen LogP contribution in [0.5, 0.6) is 5.75 Å². The van der Waals surface area contributed by atoms with Crippen molar-refractivity contribution in [3.8, 4) is 11.8 Å². The van der Waals surface area contributed by atoms with Gasteiger partial charge in [-0.25, -0.2) is 0 Å². The van der Waals surface area contributed by atoms with Gasteiger partial charge in [-0.1, -0.05) is 6.07 Å². The van der Waals surface area contributed by atoms with Crippen molar-refractivity contribution in [2.45, 2.75) is 19.2 Å². The second kappa shape index (κ2) is 7.12. The minimum absolute atomic E-state index is 0.215. The third kappa shape index (κ3) is 5.91. The Kier molecular flexibility index (Phi) is 5.80. The van der Waals surface area contributed by atoms with Crippen LogP contribution in [0, 0.1) is 18.3 Å². The molecule has 1 aromatic carbocycles. The molecule has 20 heavy (non-hydrogen) atoms. The SMILES string of the molecule is Cc1ccc(C#N)cc1OCC(O)COCC(F)(F)F. The van der Waals surface area contributed by atoms with E-state index in [1.165, 1.54) is 6.07 Å². The summed E-state index contributed by atoms with van der Waals surface area (Å²) in [6.45, 7) is -0.347. The second-order valence-electron chi connectivity index (χ2n) is 4.19. The van der Waals surface area contributed by atoms with Gasteiger partial charge in [0.25, 0.3) is 0 Å². The van der Waals surface area contributed by atoms with Gasteiger partial charge in [0.05, 0.1) is 18.2 Å². The van der Waals surface area contributed by atoms with E-state index in [1.54, 1.807) is 19.1 Å². The summed E-state index contributed by atoms with van der Waals surface area (Å²) in [5, 5.41) is 18.2. The normalized spacial score (nSPS) is 12.8. The summed E-state index contributed by atoms with van der Waals surface area (Å²) in [5.41, 5.74) is 1.15. The first-order valence-electron chi connectivity index (χ1n) is 5.78. The standard InChI is InChI=1S/C13H14F3NO3/c1-9-2-3-10(5-17)4-12(9)20-7-11(18)6-19-8-13(14,15)16/h2-4,11,18H,6-8H2,1H3. The predicted molar refractivity (Wildman–Crippen MR) is 64.3 cm³/mol. The molecule has 1 aromatic rings. The van der Waals surface area contributed by atoms with Crippen LogP contribution in [0.3, 0.4) is 0 Å². The lowest BCUT2D eigenvalue weighted by Gasteiger charge is -2.15. The van der Waals surface area contributed by atoms with Gasteiger partial charge in [-0.15, -0.1) is 0 Å². The summed E-state index contributed by atoms with van der Waals surface area (Å²) in [4.78, 5) is 0. The molecule has 0 aromatic heterocycles. The number of aryl methyl sites for hydroxylation is 1. The molecule has 0 amide bonds. The molecule has 0 bridgehead atoms. The molecule has 0 aliphatic carbocycles. The fourth-order valence-electron chi connectivity index (χ4n) is 1.37. The summed E-state index contributed by atoms with van der Waals surface area (Å²) < 4.78 is 45.1. The third-order valence-electron chi connectivity index (χ3n) is 2.32. The van der Waals surface area contributed by atoms with E-state index in [2.05, 4.69) is 4.74 Å². The van der Waals surface area contributed by atoms with E-state index in [-0.39, 0.29) is 6.61 Å². The van der Waals surface area contributed by atoms with Gasteiger partial charge in [0.1, 0.15) is 25.1 Å². The summed E-state index contributed by atoms with van der Waals surface area (Å²) >= 11 is 0. The summed E-state index contributed by atoms with van der Waals surface area (Å²) in [5.74, 6) is 0.402. The third-order valence-corrected chi connectivity index (χ3v) is 2.32. The number of nitriles is 1. The molecule has 1 atom stereocenters. The lowest BCUT2D eigenvalue weighted by Crippen LogP contribution is -2.27. The second-order valence-corrected chi connectivity index (χ2v) is 4.19. The van der Waals surface area contributed by atoms with Crippen molar-refractivity contribution in [1.82, 2.24) is 0 Å². The zero-order chi connectivity index (χ0) is 15.2. The molecular formula is C13H14F3NO3. The molecule has 0 fully saturated rings. The van der Waals surface area contributed by atoms with Crippen LogP contribution in [0.25, 0.3) is 0 Å². The van der Waals surface area contributed by atoms with Gasteiger partial charge in [-0.3, -0.25) is 0 Å². The zero-order valence-corrected chi connectivity index (χ0v) is 10.8. The van der Waals surface area contributed by atoms with Gasteiger partial charge in [0.2, 0.25) is 0 Å². The van der Waals surface area contributed by atoms with Crippen LogP contribution >= 0.6 is 0 Å². The zero-order valence-electron chi connectivity index (χ0n) is 10.8. The molecule has 0 saturated carbocycles. The minimum Gasteiger partial charge on any atom is -0.490 e. The van der Waals surface area contributed by atoms with Crippen LogP contribution in [0.15, 0.2) is 18.2 Å². The van der Waals surface area contributed by atoms with Crippen molar-refractivity contribution < 1.29 is 27.8 Å². The van der Waals surface area contributed by atoms with E-state index in [0.29, 0.717) is 11.3 Å². The summed E-state index contributed by atoms with van der Waals surface area (Å²) in [7, 11) is 0. The molecule has 1 unspecified atom stereocenters. The van der Waals surface area contributed by atoms with Crippen LogP contribution in [0.2, 0.25) is 0 Å². The molecular weight excluding hydrogens is 275 g/mol. The van der Waals surface area contributed by atoms with Gasteiger partial charge in [-0.05, 0) is 24.6 Å². The van der Waals surface area contributed by atoms with Crippen LogP contribution < -0.4 is 4.74 Å². The smallest absolute Gasteiger partial charge is 0.411 e. The topological polar surface area (TPSA) is 62.5 Å². The van der Waals surface area contributed by atoms with Gasteiger partial charge in [0, 0.05) is 0 Å². The van der Waals surface area contributed by atoms with Gasteiger partial charge in [0.15, 0.2) is 0 Å². The highest BCUT2D eigenvalue weighted by Gasteiger charge is 2.27. The van der Waals surface area contributed by atoms with Crippen LogP contribution in [0.4, 0.5) is 13.2 Å². The van der Waals surface area contributed by atoms with Crippen LogP contribution in [-0.2, 0) is 4.74 Å². The van der Waals surface area contributed by atoms with E-state index in [4.69, 9.17) is 10.00 Å². The molecule has 0 heterocycles. The van der Waals surface area contributed by atoms with Crippen molar-refractivity contribution in [2.75, 3.05) is 19.8 Å². The molecule has 0 radical (unpaired) electrons. The first-order valence-corrected chi connectivity index (χ1v) is 5.78. The van der Waals surface area contributed by atoms with Crippen LogP contribution in [-0.4, -0.2) is 37.2 Å². The molecule has 110 valence electrons. The molecule has 0 saturated heterocycles. The summed E-state index contributed by atoms with van der Waals surface area (Å²) in [6, 6.07) is 6.74. The van der Waals surface area contributed by atoms with Crippen molar-refractivity contribution >= 4 is 0 Å². The van der Waals surface area contributed by atoms with Gasteiger partial charge in [-0.2, -0.15) is 18.4 Å². The maximum absolute atomic E-state index is 11.8. The Morgan fingerprint density at radius 1 is 1.35 bits per heavy atom. The Morgan fingerprint density at radius 3 is 2.65 bits per heavy atom. The Balaban J connectivity index is 2.41. The van der Waals surface area contributed by atoms with E-state index in [0.717, 1.165) is 5.56 Å². The monoisotopic (exact) mass is 289 g/mol. The lowest BCUT2D eigenvalue weighted by molar-refractivity contribution is -0.179. The number of hydrogen-bond acceptors (Lipinski definition) is 4. The van der Waals surface area contributed by atoms with Gasteiger partial charge < -0.3 is 14.6 Å². The largest absolute Gasteiger partial charge is 0.490 e. The van der Waals surface area contributed by atoms with Crippen molar-refractivity contribution in [3.63, 3.8) is 0 Å². The first-order chi connectivity index (χ1) is 9.31. The van der Waals surface area contributed by atoms with Crippen molar-refractivity contribution in [1.29, 1.82) is 5.26 Å². The number of aliphatic hydroxyl groups is 1. The summed E-state index contributed by atoms with van der Waals surface area (Å²) in [6.07, 6.45) is -5.60. The number of alkyl halides is 3. The number of aliphatic hydroxyl groups excluding tert-OH is 1. The molecule has 1 N–H and O–H groups in total. The Hall–Kier alpha value is -1.78. The number of ether oxygens (including phenoxy) is 2. The van der Waals surface area contributed by atoms with Crippen LogP contribution in [0.1, 0.15) is 11.1 Å². The number of halogens is 3. The predicted octanol–water partition coefficient (Wildman–Crippen LogP) is 2.19. The molecule has 7 heteroatoms. The highest BCUT2D eigenvalue weighted by atomic mass is 19.4. The highest BCUT2D eigenvalue weighted by Crippen LogP contribution is 2.19. The molecule has 4 nitrogen and oxygen atoms in total. The molecule has 0 spiro atoms.